The van der Waals surface area contributed by atoms with E-state index in [2.05, 4.69) is 15.0 Å². The Kier molecular flexibility index (Phi) is 3.72. The average Bonchev–Trinajstić information content (AvgIpc) is 3.22. The first kappa shape index (κ1) is 15.1. The molecule has 4 rings (SSSR count). The van der Waals surface area contributed by atoms with Crippen LogP contribution in [0.5, 0.6) is 0 Å². The van der Waals surface area contributed by atoms with E-state index in [-0.39, 0.29) is 17.5 Å². The van der Waals surface area contributed by atoms with Crippen molar-refractivity contribution in [3.63, 3.8) is 0 Å². The lowest BCUT2D eigenvalue weighted by molar-refractivity contribution is 0.0728. The largest absolute Gasteiger partial charge is 0.330 e. The summed E-state index contributed by atoms with van der Waals surface area (Å²) in [6.45, 7) is 2.55. The highest BCUT2D eigenvalue weighted by Crippen LogP contribution is 2.34. The van der Waals surface area contributed by atoms with Gasteiger partial charge in [-0.3, -0.25) is 14.8 Å². The molecule has 3 heterocycles. The Bertz CT molecular complexity index is 926. The molecular formula is C17H15FN4OS. The van der Waals surface area contributed by atoms with E-state index in [1.54, 1.807) is 16.2 Å². The second-order valence-electron chi connectivity index (χ2n) is 5.83. The van der Waals surface area contributed by atoms with Crippen molar-refractivity contribution in [2.45, 2.75) is 25.8 Å². The molecule has 0 bridgehead atoms. The number of aromatic nitrogens is 3. The predicted octanol–water partition coefficient (Wildman–Crippen LogP) is 3.51. The molecule has 122 valence electrons. The van der Waals surface area contributed by atoms with Crippen LogP contribution in [0.3, 0.4) is 0 Å². The Labute approximate surface area is 142 Å². The van der Waals surface area contributed by atoms with E-state index in [9.17, 15) is 9.18 Å². The zero-order chi connectivity index (χ0) is 16.7. The zero-order valence-electron chi connectivity index (χ0n) is 13.1. The Balaban J connectivity index is 1.71. The normalized spacial score (nSPS) is 17.6. The van der Waals surface area contributed by atoms with E-state index >= 15 is 0 Å². The summed E-state index contributed by atoms with van der Waals surface area (Å²) in [5.74, 6) is -0.874. The van der Waals surface area contributed by atoms with Crippen LogP contribution in [0, 0.1) is 12.7 Å². The highest BCUT2D eigenvalue weighted by molar-refractivity contribution is 7.09. The van der Waals surface area contributed by atoms with Gasteiger partial charge in [-0.15, -0.1) is 11.3 Å². The second-order valence-corrected chi connectivity index (χ2v) is 6.89. The van der Waals surface area contributed by atoms with E-state index in [1.807, 2.05) is 12.3 Å². The van der Waals surface area contributed by atoms with E-state index in [0.29, 0.717) is 17.6 Å². The van der Waals surface area contributed by atoms with Crippen LogP contribution in [0.15, 0.2) is 29.9 Å². The molecule has 0 saturated carbocycles. The van der Waals surface area contributed by atoms with Crippen LogP contribution >= 0.6 is 11.3 Å². The highest BCUT2D eigenvalue weighted by atomic mass is 32.1. The monoisotopic (exact) mass is 342 g/mol. The van der Waals surface area contributed by atoms with Crippen molar-refractivity contribution in [2.24, 2.45) is 0 Å². The molecule has 1 fully saturated rings. The number of carbonyl (C=O) groups excluding carboxylic acids is 1. The van der Waals surface area contributed by atoms with Crippen LogP contribution in [0.25, 0.3) is 11.0 Å². The summed E-state index contributed by atoms with van der Waals surface area (Å²) in [6, 6.07) is 2.68. The second kappa shape index (κ2) is 5.90. The fraction of sp³-hybridized carbons (Fsp3) is 0.294. The molecule has 0 unspecified atom stereocenters. The lowest BCUT2D eigenvalue weighted by Crippen LogP contribution is -2.31. The molecule has 3 aromatic rings. The third-order valence-electron chi connectivity index (χ3n) is 4.28. The quantitative estimate of drug-likeness (QED) is 0.715. The van der Waals surface area contributed by atoms with Gasteiger partial charge in [-0.2, -0.15) is 0 Å². The van der Waals surface area contributed by atoms with Crippen molar-refractivity contribution in [1.82, 2.24) is 19.9 Å². The summed E-state index contributed by atoms with van der Waals surface area (Å²) in [7, 11) is 0. The van der Waals surface area contributed by atoms with Crippen molar-refractivity contribution in [1.29, 1.82) is 0 Å². The number of fused-ring (bicyclic) bond motifs is 1. The fourth-order valence-corrected chi connectivity index (χ4v) is 3.81. The minimum atomic E-state index is -0.562. The molecule has 7 heteroatoms. The Morgan fingerprint density at radius 2 is 2.04 bits per heavy atom. The first-order valence-electron chi connectivity index (χ1n) is 7.77. The minimum absolute atomic E-state index is 0.0434. The molecule has 5 nitrogen and oxygen atoms in total. The molecule has 1 aliphatic heterocycles. The molecule has 1 amide bonds. The summed E-state index contributed by atoms with van der Waals surface area (Å²) < 4.78 is 14.4. The first-order chi connectivity index (χ1) is 11.6. The number of nitrogens with zero attached hydrogens (tertiary/aromatic N) is 4. The van der Waals surface area contributed by atoms with Crippen LogP contribution < -0.4 is 0 Å². The number of rotatable bonds is 2. The standard InChI is InChI=1S/C17H15FN4OS/c1-10-21-15(9-24-10)16-3-2-6-22(16)17(23)11-7-13-14(8-12(11)18)20-5-4-19-13/h4-5,7-9,16H,2-3,6H2,1H3/t16-/m0/s1. The predicted molar refractivity (Wildman–Crippen MR) is 89.4 cm³/mol. The third kappa shape index (κ3) is 2.54. The minimum Gasteiger partial charge on any atom is -0.330 e. The first-order valence-corrected chi connectivity index (χ1v) is 8.65. The van der Waals surface area contributed by atoms with Crippen LogP contribution in [0.1, 0.15) is 39.9 Å². The topological polar surface area (TPSA) is 59.0 Å². The summed E-state index contributed by atoms with van der Waals surface area (Å²) in [5.41, 5.74) is 1.90. The van der Waals surface area contributed by atoms with E-state index in [1.165, 1.54) is 24.5 Å². The van der Waals surface area contributed by atoms with Gasteiger partial charge in [0.1, 0.15) is 5.82 Å². The number of hydrogen-bond donors (Lipinski definition) is 0. The summed E-state index contributed by atoms with van der Waals surface area (Å²) in [5, 5.41) is 2.95. The Morgan fingerprint density at radius 1 is 1.29 bits per heavy atom. The molecule has 0 radical (unpaired) electrons. The van der Waals surface area contributed by atoms with Gasteiger partial charge in [0, 0.05) is 30.4 Å². The highest BCUT2D eigenvalue weighted by Gasteiger charge is 2.33. The number of amides is 1. The van der Waals surface area contributed by atoms with Crippen LogP contribution in [0.4, 0.5) is 4.39 Å². The van der Waals surface area contributed by atoms with E-state index in [4.69, 9.17) is 0 Å². The Morgan fingerprint density at radius 3 is 2.75 bits per heavy atom. The van der Waals surface area contributed by atoms with Gasteiger partial charge in [0.05, 0.1) is 33.3 Å². The molecule has 1 aromatic carbocycles. The van der Waals surface area contributed by atoms with E-state index < -0.39 is 5.82 Å². The zero-order valence-corrected chi connectivity index (χ0v) is 13.9. The lowest BCUT2D eigenvalue weighted by Gasteiger charge is -2.23. The van der Waals surface area contributed by atoms with E-state index in [0.717, 1.165) is 23.5 Å². The molecule has 0 spiro atoms. The smallest absolute Gasteiger partial charge is 0.257 e. The Hall–Kier alpha value is -2.41. The SMILES string of the molecule is Cc1nc([C@@H]2CCCN2C(=O)c2cc3nccnc3cc2F)cs1. The molecule has 2 aromatic heterocycles. The van der Waals surface area contributed by atoms with Gasteiger partial charge in [-0.1, -0.05) is 0 Å². The lowest BCUT2D eigenvalue weighted by atomic mass is 10.1. The number of thiazole rings is 1. The van der Waals surface area contributed by atoms with Crippen LogP contribution in [0.2, 0.25) is 0 Å². The maximum absolute atomic E-state index is 14.4. The van der Waals surface area contributed by atoms with Gasteiger partial charge in [0.2, 0.25) is 0 Å². The molecule has 0 N–H and O–H groups in total. The molecule has 1 atom stereocenters. The average molecular weight is 342 g/mol. The van der Waals surface area contributed by atoms with Gasteiger partial charge in [0.15, 0.2) is 0 Å². The maximum Gasteiger partial charge on any atom is 0.257 e. The summed E-state index contributed by atoms with van der Waals surface area (Å²) in [6.07, 6.45) is 4.78. The van der Waals surface area contributed by atoms with Crippen molar-refractivity contribution in [3.8, 4) is 0 Å². The van der Waals surface area contributed by atoms with Crippen LogP contribution in [-0.4, -0.2) is 32.3 Å². The molecule has 1 aliphatic rings. The molecule has 1 saturated heterocycles. The van der Waals surface area contributed by atoms with Crippen molar-refractivity contribution in [2.75, 3.05) is 6.54 Å². The number of halogens is 1. The van der Waals surface area contributed by atoms with Crippen molar-refractivity contribution >= 4 is 28.3 Å². The summed E-state index contributed by atoms with van der Waals surface area (Å²) >= 11 is 1.56. The van der Waals surface area contributed by atoms with Crippen molar-refractivity contribution < 1.29 is 9.18 Å². The number of aryl methyl sites for hydroxylation is 1. The molecular weight excluding hydrogens is 327 g/mol. The number of benzene rings is 1. The maximum atomic E-state index is 14.4. The van der Waals surface area contributed by atoms with Gasteiger partial charge in [-0.05, 0) is 25.8 Å². The van der Waals surface area contributed by atoms with Gasteiger partial charge in [0.25, 0.3) is 5.91 Å². The fourth-order valence-electron chi connectivity index (χ4n) is 3.15. The van der Waals surface area contributed by atoms with Gasteiger partial charge in [-0.25, -0.2) is 9.37 Å². The van der Waals surface area contributed by atoms with Crippen molar-refractivity contribution in [3.05, 3.63) is 52.0 Å². The number of carbonyl (C=O) groups is 1. The van der Waals surface area contributed by atoms with Gasteiger partial charge < -0.3 is 4.90 Å². The summed E-state index contributed by atoms with van der Waals surface area (Å²) in [4.78, 5) is 27.4. The molecule has 24 heavy (non-hydrogen) atoms. The van der Waals surface area contributed by atoms with Crippen LogP contribution in [-0.2, 0) is 0 Å². The number of likely N-dealkylation sites (tertiary alicyclic amines) is 1. The number of hydrogen-bond acceptors (Lipinski definition) is 5. The molecule has 0 aliphatic carbocycles. The van der Waals surface area contributed by atoms with Gasteiger partial charge >= 0.3 is 0 Å². The third-order valence-corrected chi connectivity index (χ3v) is 5.07.